The second-order valence-corrected chi connectivity index (χ2v) is 7.25. The van der Waals surface area contributed by atoms with Gasteiger partial charge in [0, 0.05) is 32.2 Å². The lowest BCUT2D eigenvalue weighted by molar-refractivity contribution is 0.0319. The fourth-order valence-corrected chi connectivity index (χ4v) is 3.70. The predicted octanol–water partition coefficient (Wildman–Crippen LogP) is 1.11. The SMILES string of the molecule is OCc1ccc(CCNC2CCN(CCN3CCOCC3)CC2)cc1. The van der Waals surface area contributed by atoms with Gasteiger partial charge in [-0.3, -0.25) is 4.90 Å². The topological polar surface area (TPSA) is 48.0 Å². The Morgan fingerprint density at radius 1 is 0.920 bits per heavy atom. The number of rotatable bonds is 8. The first-order chi connectivity index (χ1) is 12.3. The highest BCUT2D eigenvalue weighted by Crippen LogP contribution is 2.11. The van der Waals surface area contributed by atoms with E-state index in [2.05, 4.69) is 27.2 Å². The number of benzene rings is 1. The van der Waals surface area contributed by atoms with Gasteiger partial charge in [0.2, 0.25) is 0 Å². The molecule has 2 aliphatic rings. The third-order valence-electron chi connectivity index (χ3n) is 5.48. The number of aliphatic hydroxyl groups excluding tert-OH is 1. The van der Waals surface area contributed by atoms with Crippen LogP contribution in [-0.4, -0.2) is 80.0 Å². The molecule has 1 aromatic carbocycles. The molecule has 0 atom stereocenters. The van der Waals surface area contributed by atoms with E-state index in [1.54, 1.807) is 0 Å². The molecule has 0 bridgehead atoms. The molecule has 0 amide bonds. The third kappa shape index (κ3) is 6.35. The Morgan fingerprint density at radius 2 is 1.52 bits per heavy atom. The van der Waals surface area contributed by atoms with Crippen molar-refractivity contribution < 1.29 is 9.84 Å². The summed E-state index contributed by atoms with van der Waals surface area (Å²) in [6.07, 6.45) is 3.57. The Hall–Kier alpha value is -0.980. The zero-order valence-corrected chi connectivity index (χ0v) is 15.3. The summed E-state index contributed by atoms with van der Waals surface area (Å²) in [6, 6.07) is 8.95. The Labute approximate surface area is 152 Å². The number of ether oxygens (including phenoxy) is 1. The van der Waals surface area contributed by atoms with Gasteiger partial charge in [0.15, 0.2) is 0 Å². The Morgan fingerprint density at radius 3 is 2.16 bits per heavy atom. The van der Waals surface area contributed by atoms with Gasteiger partial charge in [-0.25, -0.2) is 0 Å². The maximum absolute atomic E-state index is 9.08. The summed E-state index contributed by atoms with van der Waals surface area (Å²) in [7, 11) is 0. The number of likely N-dealkylation sites (tertiary alicyclic amines) is 1. The van der Waals surface area contributed by atoms with Gasteiger partial charge in [-0.05, 0) is 50.0 Å². The molecule has 2 heterocycles. The molecule has 3 rings (SSSR count). The van der Waals surface area contributed by atoms with E-state index in [4.69, 9.17) is 9.84 Å². The van der Waals surface area contributed by atoms with Crippen molar-refractivity contribution in [2.24, 2.45) is 0 Å². The predicted molar refractivity (Wildman–Crippen MR) is 101 cm³/mol. The molecule has 0 radical (unpaired) electrons. The van der Waals surface area contributed by atoms with Crippen LogP contribution in [-0.2, 0) is 17.8 Å². The van der Waals surface area contributed by atoms with Crippen molar-refractivity contribution in [3.63, 3.8) is 0 Å². The smallest absolute Gasteiger partial charge is 0.0681 e. The molecule has 5 heteroatoms. The number of morpholine rings is 1. The highest BCUT2D eigenvalue weighted by atomic mass is 16.5. The fourth-order valence-electron chi connectivity index (χ4n) is 3.70. The van der Waals surface area contributed by atoms with Gasteiger partial charge in [-0.2, -0.15) is 0 Å². The van der Waals surface area contributed by atoms with Crippen molar-refractivity contribution in [1.29, 1.82) is 0 Å². The minimum Gasteiger partial charge on any atom is -0.392 e. The number of aliphatic hydroxyl groups is 1. The lowest BCUT2D eigenvalue weighted by Crippen LogP contribution is -2.46. The van der Waals surface area contributed by atoms with Crippen molar-refractivity contribution in [2.75, 3.05) is 59.0 Å². The van der Waals surface area contributed by atoms with Crippen LogP contribution in [0, 0.1) is 0 Å². The van der Waals surface area contributed by atoms with Crippen molar-refractivity contribution >= 4 is 0 Å². The molecular weight excluding hydrogens is 314 g/mol. The van der Waals surface area contributed by atoms with Gasteiger partial charge in [0.05, 0.1) is 19.8 Å². The lowest BCUT2D eigenvalue weighted by Gasteiger charge is -2.34. The molecule has 2 N–H and O–H groups in total. The van der Waals surface area contributed by atoms with E-state index in [1.807, 2.05) is 12.1 Å². The summed E-state index contributed by atoms with van der Waals surface area (Å²) in [5.41, 5.74) is 2.33. The Kier molecular flexibility index (Phi) is 7.70. The van der Waals surface area contributed by atoms with E-state index in [1.165, 1.54) is 44.6 Å². The Balaban J connectivity index is 1.27. The van der Waals surface area contributed by atoms with Gasteiger partial charge in [-0.15, -0.1) is 0 Å². The molecule has 0 spiro atoms. The molecule has 5 nitrogen and oxygen atoms in total. The summed E-state index contributed by atoms with van der Waals surface area (Å²) in [4.78, 5) is 5.14. The first-order valence-electron chi connectivity index (χ1n) is 9.78. The highest BCUT2D eigenvalue weighted by Gasteiger charge is 2.19. The maximum atomic E-state index is 9.08. The number of piperidine rings is 1. The summed E-state index contributed by atoms with van der Waals surface area (Å²) in [5, 5.41) is 12.8. The number of hydrogen-bond acceptors (Lipinski definition) is 5. The van der Waals surface area contributed by atoms with Crippen molar-refractivity contribution in [2.45, 2.75) is 31.9 Å². The van der Waals surface area contributed by atoms with E-state index >= 15 is 0 Å². The molecule has 1 aromatic rings. The molecule has 0 aromatic heterocycles. The largest absolute Gasteiger partial charge is 0.392 e. The fraction of sp³-hybridized carbons (Fsp3) is 0.700. The van der Waals surface area contributed by atoms with E-state index in [9.17, 15) is 0 Å². The lowest BCUT2D eigenvalue weighted by atomic mass is 10.0. The summed E-state index contributed by atoms with van der Waals surface area (Å²) < 4.78 is 5.41. The van der Waals surface area contributed by atoms with Crippen molar-refractivity contribution in [1.82, 2.24) is 15.1 Å². The van der Waals surface area contributed by atoms with Crippen LogP contribution in [0.15, 0.2) is 24.3 Å². The van der Waals surface area contributed by atoms with E-state index in [-0.39, 0.29) is 6.61 Å². The summed E-state index contributed by atoms with van der Waals surface area (Å²) in [6.45, 7) is 9.97. The minimum absolute atomic E-state index is 0.128. The molecular formula is C20H33N3O2. The van der Waals surface area contributed by atoms with Crippen LogP contribution in [0.25, 0.3) is 0 Å². The molecule has 140 valence electrons. The maximum Gasteiger partial charge on any atom is 0.0681 e. The monoisotopic (exact) mass is 347 g/mol. The zero-order valence-electron chi connectivity index (χ0n) is 15.3. The van der Waals surface area contributed by atoms with Crippen LogP contribution in [0.5, 0.6) is 0 Å². The van der Waals surface area contributed by atoms with Crippen LogP contribution < -0.4 is 5.32 Å². The summed E-state index contributed by atoms with van der Waals surface area (Å²) in [5.74, 6) is 0. The van der Waals surface area contributed by atoms with Crippen molar-refractivity contribution in [3.05, 3.63) is 35.4 Å². The molecule has 0 aliphatic carbocycles. The molecule has 2 fully saturated rings. The molecule has 0 saturated carbocycles. The van der Waals surface area contributed by atoms with Gasteiger partial charge < -0.3 is 20.1 Å². The second-order valence-electron chi connectivity index (χ2n) is 7.25. The number of nitrogens with zero attached hydrogens (tertiary/aromatic N) is 2. The zero-order chi connectivity index (χ0) is 17.3. The number of nitrogens with one attached hydrogen (secondary N) is 1. The van der Waals surface area contributed by atoms with E-state index in [0.717, 1.165) is 44.8 Å². The normalized spacial score (nSPS) is 20.8. The molecule has 25 heavy (non-hydrogen) atoms. The van der Waals surface area contributed by atoms with Crippen molar-refractivity contribution in [3.8, 4) is 0 Å². The minimum atomic E-state index is 0.128. The first-order valence-corrected chi connectivity index (χ1v) is 9.78. The average Bonchev–Trinajstić information content (AvgIpc) is 2.69. The highest BCUT2D eigenvalue weighted by molar-refractivity contribution is 5.22. The van der Waals surface area contributed by atoms with E-state index in [0.29, 0.717) is 6.04 Å². The van der Waals surface area contributed by atoms with Gasteiger partial charge in [-0.1, -0.05) is 24.3 Å². The van der Waals surface area contributed by atoms with Crippen LogP contribution in [0.4, 0.5) is 0 Å². The van der Waals surface area contributed by atoms with Gasteiger partial charge in [0.25, 0.3) is 0 Å². The van der Waals surface area contributed by atoms with Crippen LogP contribution in [0.3, 0.4) is 0 Å². The first kappa shape index (κ1) is 18.8. The Bertz CT molecular complexity index is 480. The average molecular weight is 348 g/mol. The second kappa shape index (κ2) is 10.2. The van der Waals surface area contributed by atoms with Gasteiger partial charge >= 0.3 is 0 Å². The quantitative estimate of drug-likeness (QED) is 0.738. The third-order valence-corrected chi connectivity index (χ3v) is 5.48. The van der Waals surface area contributed by atoms with Crippen LogP contribution >= 0.6 is 0 Å². The standard InChI is InChI=1S/C20H33N3O2/c24-17-19-3-1-18(2-4-19)5-8-21-20-6-9-22(10-7-20)11-12-23-13-15-25-16-14-23/h1-4,20-21,24H,5-17H2. The van der Waals surface area contributed by atoms with Crippen LogP contribution in [0.1, 0.15) is 24.0 Å². The van der Waals surface area contributed by atoms with Crippen LogP contribution in [0.2, 0.25) is 0 Å². The molecule has 2 saturated heterocycles. The summed E-state index contributed by atoms with van der Waals surface area (Å²) >= 11 is 0. The molecule has 0 unspecified atom stereocenters. The van der Waals surface area contributed by atoms with Gasteiger partial charge in [0.1, 0.15) is 0 Å². The number of hydrogen-bond donors (Lipinski definition) is 2. The molecule has 2 aliphatic heterocycles. The van der Waals surface area contributed by atoms with E-state index < -0.39 is 0 Å².